The van der Waals surface area contributed by atoms with Gasteiger partial charge in [0.05, 0.1) is 10.5 Å². The molecule has 0 heterocycles. The molecule has 0 N–H and O–H groups in total. The van der Waals surface area contributed by atoms with Crippen LogP contribution in [0.2, 0.25) is 0 Å². The zero-order valence-electron chi connectivity index (χ0n) is 7.34. The van der Waals surface area contributed by atoms with E-state index in [2.05, 4.69) is 0 Å². The first-order chi connectivity index (χ1) is 6.30. The number of hydrogen-bond acceptors (Lipinski definition) is 2. The maximum atomic E-state index is 12.2. The summed E-state index contributed by atoms with van der Waals surface area (Å²) in [6, 6.07) is 0. The summed E-state index contributed by atoms with van der Waals surface area (Å²) in [6.45, 7) is 1.52. The van der Waals surface area contributed by atoms with Crippen LogP contribution >= 0.6 is 0 Å². The van der Waals surface area contributed by atoms with Crippen LogP contribution in [0.1, 0.15) is 13.3 Å². The molecule has 1 rings (SSSR count). The molecule has 0 fully saturated rings. The van der Waals surface area contributed by atoms with E-state index in [1.165, 1.54) is 6.92 Å². The van der Waals surface area contributed by atoms with Crippen molar-refractivity contribution >= 4 is 0 Å². The lowest BCUT2D eigenvalue weighted by atomic mass is 9.95. The van der Waals surface area contributed by atoms with Crippen molar-refractivity contribution in [1.82, 2.24) is 0 Å². The van der Waals surface area contributed by atoms with E-state index < -0.39 is 22.6 Å². The first-order valence-electron chi connectivity index (χ1n) is 3.94. The fourth-order valence-electron chi connectivity index (χ4n) is 1.29. The molecule has 14 heavy (non-hydrogen) atoms. The van der Waals surface area contributed by atoms with Crippen molar-refractivity contribution in [1.29, 1.82) is 0 Å². The summed E-state index contributed by atoms with van der Waals surface area (Å²) in [4.78, 5) is 9.55. The van der Waals surface area contributed by atoms with Gasteiger partial charge >= 0.3 is 6.18 Å². The molecule has 0 aromatic carbocycles. The van der Waals surface area contributed by atoms with E-state index in [0.29, 0.717) is 6.08 Å². The van der Waals surface area contributed by atoms with Gasteiger partial charge in [-0.3, -0.25) is 10.1 Å². The van der Waals surface area contributed by atoms with Crippen molar-refractivity contribution in [2.75, 3.05) is 0 Å². The molecule has 0 saturated heterocycles. The number of rotatable bonds is 1. The van der Waals surface area contributed by atoms with Crippen LogP contribution in [0.3, 0.4) is 0 Å². The predicted octanol–water partition coefficient (Wildman–Crippen LogP) is 2.68. The monoisotopic (exact) mass is 207 g/mol. The Morgan fingerprint density at radius 2 is 2.14 bits per heavy atom. The summed E-state index contributed by atoms with van der Waals surface area (Å²) in [6.07, 6.45) is -2.85. The van der Waals surface area contributed by atoms with Gasteiger partial charge in [-0.15, -0.1) is 0 Å². The molecule has 1 unspecified atom stereocenters. The molecule has 6 heteroatoms. The molecule has 0 radical (unpaired) electrons. The molecule has 1 atom stereocenters. The maximum Gasteiger partial charge on any atom is 0.416 e. The van der Waals surface area contributed by atoms with Crippen LogP contribution in [-0.2, 0) is 0 Å². The SMILES string of the molecule is CC1C=C(C(F)(F)F)C=C([N+](=O)[O-])C1. The molecular formula is C8H8F3NO2. The predicted molar refractivity (Wildman–Crippen MR) is 43.0 cm³/mol. The molecule has 0 bridgehead atoms. The Labute approximate surface area is 78.1 Å². The number of hydrogen-bond donors (Lipinski definition) is 0. The molecule has 0 amide bonds. The lowest BCUT2D eigenvalue weighted by Crippen LogP contribution is -2.17. The highest BCUT2D eigenvalue weighted by Crippen LogP contribution is 2.33. The second kappa shape index (κ2) is 3.43. The lowest BCUT2D eigenvalue weighted by Gasteiger charge is -2.15. The van der Waals surface area contributed by atoms with E-state index in [1.807, 2.05) is 0 Å². The Hall–Kier alpha value is -1.33. The standard InChI is InChI=1S/C8H8F3NO2/c1-5-2-6(8(9,10)11)4-7(3-5)12(13)14/h2,4-5H,3H2,1H3. The van der Waals surface area contributed by atoms with E-state index in [4.69, 9.17) is 0 Å². The van der Waals surface area contributed by atoms with E-state index >= 15 is 0 Å². The van der Waals surface area contributed by atoms with E-state index in [-0.39, 0.29) is 12.1 Å². The number of nitrogens with zero attached hydrogens (tertiary/aromatic N) is 1. The van der Waals surface area contributed by atoms with Crippen LogP contribution in [0.15, 0.2) is 23.4 Å². The fourth-order valence-corrected chi connectivity index (χ4v) is 1.29. The summed E-state index contributed by atoms with van der Waals surface area (Å²) in [5.41, 5.74) is -1.31. The Balaban J connectivity index is 3.02. The summed E-state index contributed by atoms with van der Waals surface area (Å²) < 4.78 is 36.6. The third-order valence-electron chi connectivity index (χ3n) is 1.88. The molecule has 78 valence electrons. The summed E-state index contributed by atoms with van der Waals surface area (Å²) in [5.74, 6) is -0.447. The highest BCUT2D eigenvalue weighted by Gasteiger charge is 2.36. The average molecular weight is 207 g/mol. The van der Waals surface area contributed by atoms with Crippen LogP contribution in [0.25, 0.3) is 0 Å². The minimum absolute atomic E-state index is 0.0482. The zero-order chi connectivity index (χ0) is 10.9. The van der Waals surface area contributed by atoms with Crippen LogP contribution < -0.4 is 0 Å². The molecule has 3 nitrogen and oxygen atoms in total. The second-order valence-electron chi connectivity index (χ2n) is 3.19. The van der Waals surface area contributed by atoms with Crippen molar-refractivity contribution in [2.24, 2.45) is 5.92 Å². The molecule has 0 aliphatic heterocycles. The van der Waals surface area contributed by atoms with Crippen LogP contribution in [0, 0.1) is 16.0 Å². The number of halogens is 3. The maximum absolute atomic E-state index is 12.2. The van der Waals surface area contributed by atoms with Gasteiger partial charge in [0.25, 0.3) is 0 Å². The lowest BCUT2D eigenvalue weighted by molar-refractivity contribution is -0.429. The second-order valence-corrected chi connectivity index (χ2v) is 3.19. The van der Waals surface area contributed by atoms with Crippen LogP contribution in [-0.4, -0.2) is 11.1 Å². The van der Waals surface area contributed by atoms with Gasteiger partial charge in [-0.1, -0.05) is 13.0 Å². The van der Waals surface area contributed by atoms with Gasteiger partial charge in [0.2, 0.25) is 5.70 Å². The molecule has 0 aromatic heterocycles. The van der Waals surface area contributed by atoms with E-state index in [9.17, 15) is 23.3 Å². The smallest absolute Gasteiger partial charge is 0.259 e. The Morgan fingerprint density at radius 1 is 1.57 bits per heavy atom. The number of alkyl halides is 3. The van der Waals surface area contributed by atoms with Crippen LogP contribution in [0.5, 0.6) is 0 Å². The highest BCUT2D eigenvalue weighted by atomic mass is 19.4. The Morgan fingerprint density at radius 3 is 2.57 bits per heavy atom. The minimum Gasteiger partial charge on any atom is -0.259 e. The third-order valence-corrected chi connectivity index (χ3v) is 1.88. The van der Waals surface area contributed by atoms with E-state index in [1.54, 1.807) is 0 Å². The quantitative estimate of drug-likeness (QED) is 0.490. The molecule has 1 aliphatic rings. The van der Waals surface area contributed by atoms with Crippen molar-refractivity contribution in [2.45, 2.75) is 19.5 Å². The van der Waals surface area contributed by atoms with Crippen molar-refractivity contribution in [3.05, 3.63) is 33.5 Å². The van der Waals surface area contributed by atoms with Crippen molar-refractivity contribution in [3.8, 4) is 0 Å². The summed E-state index contributed by atoms with van der Waals surface area (Å²) in [7, 11) is 0. The highest BCUT2D eigenvalue weighted by molar-refractivity contribution is 5.30. The molecule has 0 spiro atoms. The average Bonchev–Trinajstić information content (AvgIpc) is 2.01. The van der Waals surface area contributed by atoms with Gasteiger partial charge in [0, 0.05) is 12.5 Å². The van der Waals surface area contributed by atoms with Gasteiger partial charge in [-0.2, -0.15) is 13.2 Å². The Kier molecular flexibility index (Phi) is 2.64. The number of allylic oxidation sites excluding steroid dienone is 4. The summed E-state index contributed by atoms with van der Waals surface area (Å²) in [5, 5.41) is 10.3. The number of nitro groups is 1. The first kappa shape index (κ1) is 10.7. The fraction of sp³-hybridized carbons (Fsp3) is 0.500. The molecule has 0 saturated carbocycles. The van der Waals surface area contributed by atoms with E-state index in [0.717, 1.165) is 6.08 Å². The normalized spacial score (nSPS) is 22.7. The van der Waals surface area contributed by atoms with Gasteiger partial charge in [-0.25, -0.2) is 0 Å². The van der Waals surface area contributed by atoms with Crippen LogP contribution in [0.4, 0.5) is 13.2 Å². The van der Waals surface area contributed by atoms with Gasteiger partial charge in [0.1, 0.15) is 0 Å². The first-order valence-corrected chi connectivity index (χ1v) is 3.94. The van der Waals surface area contributed by atoms with Gasteiger partial charge in [0.15, 0.2) is 0 Å². The minimum atomic E-state index is -4.50. The molecule has 1 aliphatic carbocycles. The summed E-state index contributed by atoms with van der Waals surface area (Å²) >= 11 is 0. The van der Waals surface area contributed by atoms with Gasteiger partial charge < -0.3 is 0 Å². The third kappa shape index (κ3) is 2.34. The van der Waals surface area contributed by atoms with Crippen molar-refractivity contribution in [3.63, 3.8) is 0 Å². The largest absolute Gasteiger partial charge is 0.416 e. The molecule has 0 aromatic rings. The zero-order valence-corrected chi connectivity index (χ0v) is 7.34. The molecular weight excluding hydrogens is 199 g/mol. The topological polar surface area (TPSA) is 43.1 Å². The Bertz CT molecular complexity index is 317. The van der Waals surface area contributed by atoms with Gasteiger partial charge in [-0.05, 0) is 5.92 Å². The van der Waals surface area contributed by atoms with Crippen molar-refractivity contribution < 1.29 is 18.1 Å².